The molecule has 1 aromatic rings. The topological polar surface area (TPSA) is 41.6 Å². The van der Waals surface area contributed by atoms with Gasteiger partial charge in [0.2, 0.25) is 0 Å². The molecule has 0 spiro atoms. The summed E-state index contributed by atoms with van der Waals surface area (Å²) < 4.78 is 5.22. The molecule has 1 unspecified atom stereocenters. The molecule has 1 atom stereocenters. The van der Waals surface area contributed by atoms with Gasteiger partial charge >= 0.3 is 6.09 Å². The van der Waals surface area contributed by atoms with E-state index in [1.165, 1.54) is 0 Å². The highest BCUT2D eigenvalue weighted by atomic mass is 16.5. The summed E-state index contributed by atoms with van der Waals surface area (Å²) in [6.07, 6.45) is -0.357. The third-order valence-electron chi connectivity index (χ3n) is 2.88. The van der Waals surface area contributed by atoms with E-state index < -0.39 is 0 Å². The lowest BCUT2D eigenvalue weighted by Gasteiger charge is -2.25. The molecule has 4 heteroatoms. The van der Waals surface area contributed by atoms with E-state index in [0.29, 0.717) is 12.5 Å². The van der Waals surface area contributed by atoms with Gasteiger partial charge < -0.3 is 15.0 Å². The van der Waals surface area contributed by atoms with Gasteiger partial charge in [0.15, 0.2) is 0 Å². The number of nitrogens with one attached hydrogen (secondary N) is 1. The van der Waals surface area contributed by atoms with E-state index in [1.54, 1.807) is 0 Å². The second-order valence-electron chi connectivity index (χ2n) is 5.32. The van der Waals surface area contributed by atoms with Crippen LogP contribution in [-0.2, 0) is 11.3 Å². The van der Waals surface area contributed by atoms with Crippen LogP contribution in [0.2, 0.25) is 0 Å². The molecule has 0 fully saturated rings. The fourth-order valence-electron chi connectivity index (χ4n) is 1.73. The molecule has 1 N–H and O–H groups in total. The predicted octanol–water partition coefficient (Wildman–Crippen LogP) is 2.50. The first-order valence-corrected chi connectivity index (χ1v) is 6.61. The Morgan fingerprint density at radius 1 is 1.26 bits per heavy atom. The largest absolute Gasteiger partial charge is 0.445 e. The van der Waals surface area contributed by atoms with Gasteiger partial charge in [-0.3, -0.25) is 0 Å². The number of benzene rings is 1. The number of hydrogen-bond acceptors (Lipinski definition) is 3. The van der Waals surface area contributed by atoms with E-state index in [9.17, 15) is 4.79 Å². The van der Waals surface area contributed by atoms with Crippen molar-refractivity contribution in [3.8, 4) is 0 Å². The van der Waals surface area contributed by atoms with Crippen molar-refractivity contribution in [1.29, 1.82) is 0 Å². The first kappa shape index (κ1) is 15.5. The predicted molar refractivity (Wildman–Crippen MR) is 76.9 cm³/mol. The highest BCUT2D eigenvalue weighted by Crippen LogP contribution is 2.05. The number of nitrogens with zero attached hydrogens (tertiary/aromatic N) is 1. The normalized spacial score (nSPS) is 12.5. The number of carbonyl (C=O) groups is 1. The van der Waals surface area contributed by atoms with Crippen molar-refractivity contribution in [2.45, 2.75) is 26.5 Å². The monoisotopic (exact) mass is 264 g/mol. The maximum absolute atomic E-state index is 11.8. The van der Waals surface area contributed by atoms with Crippen molar-refractivity contribution in [1.82, 2.24) is 10.2 Å². The van der Waals surface area contributed by atoms with Crippen LogP contribution in [0.25, 0.3) is 0 Å². The van der Waals surface area contributed by atoms with Crippen LogP contribution in [0.3, 0.4) is 0 Å². The zero-order valence-corrected chi connectivity index (χ0v) is 12.2. The van der Waals surface area contributed by atoms with Crippen molar-refractivity contribution < 1.29 is 9.53 Å². The van der Waals surface area contributed by atoms with Crippen LogP contribution in [0.1, 0.15) is 19.4 Å². The smallest absolute Gasteiger partial charge is 0.407 e. The van der Waals surface area contributed by atoms with Gasteiger partial charge in [0.25, 0.3) is 0 Å². The Morgan fingerprint density at radius 3 is 2.42 bits per heavy atom. The molecule has 19 heavy (non-hydrogen) atoms. The first-order valence-electron chi connectivity index (χ1n) is 6.61. The van der Waals surface area contributed by atoms with E-state index in [4.69, 9.17) is 4.74 Å². The molecule has 0 saturated carbocycles. The number of ether oxygens (including phenoxy) is 1. The van der Waals surface area contributed by atoms with Crippen LogP contribution < -0.4 is 5.32 Å². The zero-order valence-electron chi connectivity index (χ0n) is 12.2. The van der Waals surface area contributed by atoms with Crippen LogP contribution in [0.4, 0.5) is 4.79 Å². The Hall–Kier alpha value is -1.55. The third-order valence-corrected chi connectivity index (χ3v) is 2.88. The first-order chi connectivity index (χ1) is 8.99. The minimum Gasteiger partial charge on any atom is -0.445 e. The second-order valence-corrected chi connectivity index (χ2v) is 5.32. The summed E-state index contributed by atoms with van der Waals surface area (Å²) in [5, 5.41) is 2.92. The molecule has 4 nitrogen and oxygen atoms in total. The Kier molecular flexibility index (Phi) is 6.36. The molecule has 0 saturated heterocycles. The van der Waals surface area contributed by atoms with Gasteiger partial charge in [0.05, 0.1) is 0 Å². The van der Waals surface area contributed by atoms with Crippen molar-refractivity contribution in [2.75, 3.05) is 20.6 Å². The summed E-state index contributed by atoms with van der Waals surface area (Å²) in [4.78, 5) is 13.8. The van der Waals surface area contributed by atoms with Crippen molar-refractivity contribution in [2.24, 2.45) is 5.92 Å². The number of carbonyl (C=O) groups excluding carboxylic acids is 1. The Bertz CT molecular complexity index is 377. The van der Waals surface area contributed by atoms with E-state index in [-0.39, 0.29) is 12.1 Å². The van der Waals surface area contributed by atoms with E-state index in [1.807, 2.05) is 44.4 Å². The lowest BCUT2D eigenvalue weighted by Crippen LogP contribution is -2.45. The standard InChI is InChI=1S/C15H24N2O2/c1-12(2)14(10-17(3)4)16-15(18)19-11-13-8-6-5-7-9-13/h5-9,12,14H,10-11H2,1-4H3,(H,16,18). The molecular formula is C15H24N2O2. The minimum atomic E-state index is -0.357. The third kappa shape index (κ3) is 6.25. The SMILES string of the molecule is CC(C)C(CN(C)C)NC(=O)OCc1ccccc1. The lowest BCUT2D eigenvalue weighted by atomic mass is 10.0. The van der Waals surface area contributed by atoms with Gasteiger partial charge in [0.1, 0.15) is 6.61 Å². The number of amides is 1. The lowest BCUT2D eigenvalue weighted by molar-refractivity contribution is 0.129. The van der Waals surface area contributed by atoms with Crippen LogP contribution >= 0.6 is 0 Å². The number of alkyl carbamates (subject to hydrolysis) is 1. The van der Waals surface area contributed by atoms with E-state index >= 15 is 0 Å². The quantitative estimate of drug-likeness (QED) is 0.858. The molecule has 1 rings (SSSR count). The minimum absolute atomic E-state index is 0.0956. The highest BCUT2D eigenvalue weighted by Gasteiger charge is 2.17. The molecule has 0 aliphatic heterocycles. The summed E-state index contributed by atoms with van der Waals surface area (Å²) in [6, 6.07) is 9.77. The van der Waals surface area contributed by atoms with Gasteiger partial charge in [0, 0.05) is 12.6 Å². The van der Waals surface area contributed by atoms with Crippen LogP contribution in [0.15, 0.2) is 30.3 Å². The zero-order chi connectivity index (χ0) is 14.3. The number of hydrogen-bond donors (Lipinski definition) is 1. The molecule has 0 radical (unpaired) electrons. The Labute approximate surface area is 115 Å². The van der Waals surface area contributed by atoms with Gasteiger partial charge in [-0.15, -0.1) is 0 Å². The van der Waals surface area contributed by atoms with E-state index in [2.05, 4.69) is 24.1 Å². The van der Waals surface area contributed by atoms with Crippen LogP contribution in [0.5, 0.6) is 0 Å². The molecule has 0 aromatic heterocycles. The molecule has 0 aliphatic carbocycles. The van der Waals surface area contributed by atoms with Crippen molar-refractivity contribution in [3.05, 3.63) is 35.9 Å². The maximum Gasteiger partial charge on any atom is 0.407 e. The van der Waals surface area contributed by atoms with E-state index in [0.717, 1.165) is 12.1 Å². The maximum atomic E-state index is 11.8. The Balaban J connectivity index is 2.40. The molecule has 1 amide bonds. The highest BCUT2D eigenvalue weighted by molar-refractivity contribution is 5.67. The molecule has 0 heterocycles. The molecular weight excluding hydrogens is 240 g/mol. The summed E-state index contributed by atoms with van der Waals surface area (Å²) in [5.74, 6) is 0.367. The van der Waals surface area contributed by atoms with Gasteiger partial charge in [-0.2, -0.15) is 0 Å². The van der Waals surface area contributed by atoms with Crippen molar-refractivity contribution in [3.63, 3.8) is 0 Å². The molecule has 0 aliphatic rings. The van der Waals surface area contributed by atoms with Gasteiger partial charge in [-0.1, -0.05) is 44.2 Å². The van der Waals surface area contributed by atoms with Crippen molar-refractivity contribution >= 4 is 6.09 Å². The summed E-state index contributed by atoms with van der Waals surface area (Å²) in [6.45, 7) is 5.29. The average molecular weight is 264 g/mol. The second kappa shape index (κ2) is 7.79. The van der Waals surface area contributed by atoms with Gasteiger partial charge in [-0.05, 0) is 25.6 Å². The summed E-state index contributed by atoms with van der Waals surface area (Å²) >= 11 is 0. The fourth-order valence-corrected chi connectivity index (χ4v) is 1.73. The number of likely N-dealkylation sites (N-methyl/N-ethyl adjacent to an activating group) is 1. The van der Waals surface area contributed by atoms with Crippen LogP contribution in [0, 0.1) is 5.92 Å². The number of rotatable bonds is 6. The molecule has 106 valence electrons. The Morgan fingerprint density at radius 2 is 1.89 bits per heavy atom. The van der Waals surface area contributed by atoms with Crippen LogP contribution in [-0.4, -0.2) is 37.7 Å². The molecule has 1 aromatic carbocycles. The molecule has 0 bridgehead atoms. The average Bonchev–Trinajstić information content (AvgIpc) is 2.36. The fraction of sp³-hybridized carbons (Fsp3) is 0.533. The summed E-state index contributed by atoms with van der Waals surface area (Å²) in [5.41, 5.74) is 0.992. The van der Waals surface area contributed by atoms with Gasteiger partial charge in [-0.25, -0.2) is 4.79 Å². The summed E-state index contributed by atoms with van der Waals surface area (Å²) in [7, 11) is 3.98.